The summed E-state index contributed by atoms with van der Waals surface area (Å²) in [6, 6.07) is -2.79. The summed E-state index contributed by atoms with van der Waals surface area (Å²) < 4.78 is 150. The second-order valence-corrected chi connectivity index (χ2v) is 5.03. The first-order valence-corrected chi connectivity index (χ1v) is 6.49. The van der Waals surface area contributed by atoms with E-state index in [1.807, 2.05) is 0 Å². The lowest BCUT2D eigenvalue weighted by molar-refractivity contribution is -0.499. The summed E-state index contributed by atoms with van der Waals surface area (Å²) >= 11 is 0. The van der Waals surface area contributed by atoms with Crippen LogP contribution in [-0.4, -0.2) is 47.3 Å². The molecular weight excluding hydrogens is 392 g/mol. The maximum Gasteiger partial charge on any atom is 0.490 e. The molecule has 0 spiro atoms. The molecule has 0 bridgehead atoms. The lowest BCUT2D eigenvalue weighted by atomic mass is 9.91. The van der Waals surface area contributed by atoms with E-state index in [1.54, 1.807) is 0 Å². The molecule has 2 unspecified atom stereocenters. The molecule has 1 aliphatic carbocycles. The van der Waals surface area contributed by atoms with Crippen molar-refractivity contribution in [3.63, 3.8) is 0 Å². The van der Waals surface area contributed by atoms with E-state index in [-0.39, 0.29) is 12.8 Å². The van der Waals surface area contributed by atoms with Gasteiger partial charge in [0.25, 0.3) is 0 Å². The van der Waals surface area contributed by atoms with Crippen LogP contribution in [0.5, 0.6) is 0 Å². The van der Waals surface area contributed by atoms with Crippen molar-refractivity contribution in [2.24, 2.45) is 0 Å². The molecule has 150 valence electrons. The summed E-state index contributed by atoms with van der Waals surface area (Å²) in [5.74, 6) is 0. The van der Waals surface area contributed by atoms with Gasteiger partial charge in [-0.1, -0.05) is 12.8 Å². The summed E-state index contributed by atoms with van der Waals surface area (Å²) in [6.45, 7) is 0. The van der Waals surface area contributed by atoms with Crippen molar-refractivity contribution < 1.29 is 57.5 Å². The van der Waals surface area contributed by atoms with E-state index in [2.05, 4.69) is 4.84 Å². The summed E-state index contributed by atoms with van der Waals surface area (Å²) in [6.07, 6.45) is -29.4. The zero-order chi connectivity index (χ0) is 19.8. The number of hydroxylamine groups is 2. The van der Waals surface area contributed by atoms with Crippen molar-refractivity contribution in [3.05, 3.63) is 0 Å². The largest absolute Gasteiger partial charge is 0.490 e. The Kier molecular flexibility index (Phi) is 6.17. The molecule has 0 N–H and O–H groups in total. The zero-order valence-electron chi connectivity index (χ0n) is 11.8. The van der Waals surface area contributed by atoms with Crippen molar-refractivity contribution in [1.82, 2.24) is 9.96 Å². The smallest absolute Gasteiger partial charge is 0.279 e. The third kappa shape index (κ3) is 5.77. The fourth-order valence-corrected chi connectivity index (χ4v) is 2.41. The van der Waals surface area contributed by atoms with E-state index >= 15 is 0 Å². The molecule has 1 rings (SSSR count). The monoisotopic (exact) mass is 402 g/mol. The highest BCUT2D eigenvalue weighted by molar-refractivity contribution is 4.87. The standard InChI is InChI=1S/C10H10F12N2O/c11-7(12,13)23(8(14,15)16)5-3-1-2-4-6(5)25-24(9(17,18)19)10(20,21)22/h5-6H,1-4H2. The number of halogens is 12. The first-order chi connectivity index (χ1) is 11.0. The van der Waals surface area contributed by atoms with E-state index < -0.39 is 60.2 Å². The van der Waals surface area contributed by atoms with Gasteiger partial charge in [-0.15, -0.1) is 4.90 Å². The average molecular weight is 402 g/mol. The van der Waals surface area contributed by atoms with Gasteiger partial charge in [-0.25, -0.2) is 0 Å². The fraction of sp³-hybridized carbons (Fsp3) is 1.00. The van der Waals surface area contributed by atoms with Crippen LogP contribution in [0.1, 0.15) is 25.7 Å². The normalized spacial score (nSPS) is 24.2. The Balaban J connectivity index is 3.18. The van der Waals surface area contributed by atoms with Crippen molar-refractivity contribution in [3.8, 4) is 0 Å². The predicted molar refractivity (Wildman–Crippen MR) is 55.0 cm³/mol. The molecule has 0 aromatic rings. The maximum atomic E-state index is 12.7. The Morgan fingerprint density at radius 1 is 0.600 bits per heavy atom. The van der Waals surface area contributed by atoms with Crippen LogP contribution >= 0.6 is 0 Å². The van der Waals surface area contributed by atoms with Crippen LogP contribution in [0.4, 0.5) is 52.7 Å². The fourth-order valence-electron chi connectivity index (χ4n) is 2.41. The molecule has 0 heterocycles. The Morgan fingerprint density at radius 2 is 1.00 bits per heavy atom. The van der Waals surface area contributed by atoms with Crippen molar-refractivity contribution in [2.75, 3.05) is 0 Å². The van der Waals surface area contributed by atoms with Crippen LogP contribution in [0.3, 0.4) is 0 Å². The molecular formula is C10H10F12N2O. The SMILES string of the molecule is FC(F)(F)N(OC1CCCCC1N(C(F)(F)F)C(F)(F)F)C(F)(F)F. The molecule has 2 atom stereocenters. The number of hydrogen-bond acceptors (Lipinski definition) is 3. The minimum Gasteiger partial charge on any atom is -0.279 e. The van der Waals surface area contributed by atoms with E-state index in [1.165, 1.54) is 0 Å². The van der Waals surface area contributed by atoms with Gasteiger partial charge in [-0.3, -0.25) is 4.84 Å². The molecule has 0 aliphatic heterocycles. The molecule has 1 fully saturated rings. The first-order valence-electron chi connectivity index (χ1n) is 6.49. The minimum absolute atomic E-state index is 0.200. The van der Waals surface area contributed by atoms with E-state index in [9.17, 15) is 52.7 Å². The van der Waals surface area contributed by atoms with Crippen molar-refractivity contribution in [1.29, 1.82) is 0 Å². The predicted octanol–water partition coefficient (Wildman–Crippen LogP) is 4.91. The summed E-state index contributed by atoms with van der Waals surface area (Å²) in [5, 5.41) is -2.49. The highest BCUT2D eigenvalue weighted by Gasteiger charge is 2.62. The van der Waals surface area contributed by atoms with Crippen molar-refractivity contribution >= 4 is 0 Å². The number of nitrogens with zero attached hydrogens (tertiary/aromatic N) is 2. The molecule has 3 nitrogen and oxygen atoms in total. The minimum atomic E-state index is -6.21. The van der Waals surface area contributed by atoms with Gasteiger partial charge >= 0.3 is 25.2 Å². The van der Waals surface area contributed by atoms with Gasteiger partial charge < -0.3 is 0 Å². The molecule has 15 heteroatoms. The molecule has 0 amide bonds. The Morgan fingerprint density at radius 3 is 1.36 bits per heavy atom. The second-order valence-electron chi connectivity index (χ2n) is 5.03. The van der Waals surface area contributed by atoms with E-state index in [0.29, 0.717) is 0 Å². The third-order valence-electron chi connectivity index (χ3n) is 3.25. The zero-order valence-corrected chi connectivity index (χ0v) is 11.8. The van der Waals surface area contributed by atoms with Crippen LogP contribution < -0.4 is 0 Å². The number of alkyl halides is 12. The lowest BCUT2D eigenvalue weighted by Gasteiger charge is -2.42. The second kappa shape index (κ2) is 6.98. The molecule has 0 radical (unpaired) electrons. The van der Waals surface area contributed by atoms with Gasteiger partial charge in [0.2, 0.25) is 0 Å². The highest BCUT2D eigenvalue weighted by Crippen LogP contribution is 2.42. The number of rotatable bonds is 3. The highest BCUT2D eigenvalue weighted by atomic mass is 19.4. The van der Waals surface area contributed by atoms with Crippen LogP contribution in [-0.2, 0) is 4.84 Å². The van der Waals surface area contributed by atoms with Crippen LogP contribution in [0.25, 0.3) is 0 Å². The topological polar surface area (TPSA) is 15.7 Å². The van der Waals surface area contributed by atoms with Crippen LogP contribution in [0, 0.1) is 0 Å². The first kappa shape index (κ1) is 22.1. The van der Waals surface area contributed by atoms with Crippen molar-refractivity contribution in [2.45, 2.75) is 63.0 Å². The van der Waals surface area contributed by atoms with Gasteiger partial charge in [0, 0.05) is 5.06 Å². The van der Waals surface area contributed by atoms with E-state index in [0.717, 1.165) is 0 Å². The van der Waals surface area contributed by atoms with Crippen LogP contribution in [0.15, 0.2) is 0 Å². The van der Waals surface area contributed by atoms with Crippen LogP contribution in [0.2, 0.25) is 0 Å². The molecule has 0 saturated heterocycles. The van der Waals surface area contributed by atoms with E-state index in [4.69, 9.17) is 0 Å². The Labute approximate surface area is 132 Å². The average Bonchev–Trinajstić information content (AvgIpc) is 2.31. The van der Waals surface area contributed by atoms with Gasteiger partial charge in [0.1, 0.15) is 0 Å². The number of hydrogen-bond donors (Lipinski definition) is 0. The van der Waals surface area contributed by atoms with Gasteiger partial charge in [0.05, 0.1) is 12.1 Å². The summed E-state index contributed by atoms with van der Waals surface area (Å²) in [5.41, 5.74) is 0. The molecule has 1 aliphatic rings. The molecule has 1 saturated carbocycles. The summed E-state index contributed by atoms with van der Waals surface area (Å²) in [4.78, 5) is 1.51. The lowest BCUT2D eigenvalue weighted by Crippen LogP contribution is -2.61. The molecule has 25 heavy (non-hydrogen) atoms. The maximum absolute atomic E-state index is 12.7. The molecule has 0 aromatic heterocycles. The van der Waals surface area contributed by atoms with Gasteiger partial charge in [-0.2, -0.15) is 52.7 Å². The molecule has 0 aromatic carbocycles. The Hall–Kier alpha value is -0.960. The third-order valence-corrected chi connectivity index (χ3v) is 3.25. The van der Waals surface area contributed by atoms with Gasteiger partial charge in [-0.05, 0) is 12.8 Å². The Bertz CT molecular complexity index is 411. The quantitative estimate of drug-likeness (QED) is 0.379. The summed E-state index contributed by atoms with van der Waals surface area (Å²) in [7, 11) is 0. The van der Waals surface area contributed by atoms with Gasteiger partial charge in [0.15, 0.2) is 0 Å².